The molecule has 0 saturated heterocycles. The van der Waals surface area contributed by atoms with Crippen LogP contribution in [0.5, 0.6) is 5.75 Å². The van der Waals surface area contributed by atoms with E-state index in [1.807, 2.05) is 0 Å². The Morgan fingerprint density at radius 3 is 2.70 bits per heavy atom. The van der Waals surface area contributed by atoms with Gasteiger partial charge >= 0.3 is 11.6 Å². The van der Waals surface area contributed by atoms with Crippen molar-refractivity contribution in [3.05, 3.63) is 74.3 Å². The molecule has 0 spiro atoms. The molecule has 0 radical (unpaired) electrons. The summed E-state index contributed by atoms with van der Waals surface area (Å²) in [6.45, 7) is 1.66. The number of benzene rings is 2. The van der Waals surface area contributed by atoms with Crippen LogP contribution in [0, 0.1) is 12.7 Å². The summed E-state index contributed by atoms with van der Waals surface area (Å²) in [5, 5.41) is 0.940. The average Bonchev–Trinajstić information content (AvgIpc) is 2.64. The molecule has 0 aliphatic rings. The number of aryl methyl sites for hydroxylation is 1. The van der Waals surface area contributed by atoms with Crippen molar-refractivity contribution in [2.75, 3.05) is 7.11 Å². The van der Waals surface area contributed by atoms with Crippen LogP contribution in [0.3, 0.4) is 0 Å². The van der Waals surface area contributed by atoms with Crippen LogP contribution >= 0.6 is 11.6 Å². The van der Waals surface area contributed by atoms with E-state index in [0.29, 0.717) is 22.3 Å². The minimum absolute atomic E-state index is 0.0688. The van der Waals surface area contributed by atoms with E-state index >= 15 is 0 Å². The van der Waals surface area contributed by atoms with Gasteiger partial charge in [-0.05, 0) is 36.8 Å². The highest BCUT2D eigenvalue weighted by atomic mass is 35.5. The summed E-state index contributed by atoms with van der Waals surface area (Å²) < 4.78 is 29.3. The van der Waals surface area contributed by atoms with Gasteiger partial charge in [0.1, 0.15) is 23.8 Å². The summed E-state index contributed by atoms with van der Waals surface area (Å²) in [4.78, 5) is 23.7. The van der Waals surface area contributed by atoms with E-state index < -0.39 is 17.4 Å². The normalized spacial score (nSPS) is 10.8. The first-order chi connectivity index (χ1) is 12.9. The Hall–Kier alpha value is -2.86. The zero-order valence-corrected chi connectivity index (χ0v) is 15.4. The first kappa shape index (κ1) is 18.9. The Labute approximate surface area is 159 Å². The summed E-state index contributed by atoms with van der Waals surface area (Å²) in [5.41, 5.74) is 0.824. The molecule has 3 rings (SSSR count). The fourth-order valence-corrected chi connectivity index (χ4v) is 2.93. The zero-order valence-electron chi connectivity index (χ0n) is 14.7. The molecule has 0 N–H and O–H groups in total. The van der Waals surface area contributed by atoms with E-state index in [9.17, 15) is 14.0 Å². The predicted molar refractivity (Wildman–Crippen MR) is 98.7 cm³/mol. The zero-order chi connectivity index (χ0) is 19.6. The quantitative estimate of drug-likeness (QED) is 0.483. The van der Waals surface area contributed by atoms with Gasteiger partial charge in [0.25, 0.3) is 0 Å². The van der Waals surface area contributed by atoms with Crippen LogP contribution in [0.15, 0.2) is 45.6 Å². The number of rotatable bonds is 5. The number of hydrogen-bond donors (Lipinski definition) is 0. The van der Waals surface area contributed by atoms with Crippen molar-refractivity contribution in [3.8, 4) is 5.75 Å². The van der Waals surface area contributed by atoms with Crippen molar-refractivity contribution < 1.29 is 23.1 Å². The Bertz CT molecular complexity index is 1050. The third-order valence-corrected chi connectivity index (χ3v) is 4.61. The van der Waals surface area contributed by atoms with Gasteiger partial charge in [-0.1, -0.05) is 17.7 Å². The molecule has 27 heavy (non-hydrogen) atoms. The van der Waals surface area contributed by atoms with Gasteiger partial charge in [-0.15, -0.1) is 0 Å². The number of esters is 1. The molecule has 1 heterocycles. The molecular weight excluding hydrogens is 375 g/mol. The Morgan fingerprint density at radius 2 is 2.00 bits per heavy atom. The number of methoxy groups -OCH3 is 1. The summed E-state index contributed by atoms with van der Waals surface area (Å²) in [6, 6.07) is 9.32. The first-order valence-corrected chi connectivity index (χ1v) is 8.47. The SMILES string of the molecule is COC(=O)Cc1c(C)c2ccc(OCc3c(F)cccc3Cl)cc2oc1=O. The fraction of sp³-hybridized carbons (Fsp3) is 0.200. The second-order valence-corrected chi connectivity index (χ2v) is 6.30. The summed E-state index contributed by atoms with van der Waals surface area (Å²) >= 11 is 5.99. The largest absolute Gasteiger partial charge is 0.489 e. The van der Waals surface area contributed by atoms with Crippen molar-refractivity contribution in [3.63, 3.8) is 0 Å². The molecule has 0 aliphatic heterocycles. The lowest BCUT2D eigenvalue weighted by Gasteiger charge is -2.11. The van der Waals surface area contributed by atoms with Gasteiger partial charge in [0.05, 0.1) is 24.1 Å². The van der Waals surface area contributed by atoms with Gasteiger partial charge in [0.15, 0.2) is 0 Å². The van der Waals surface area contributed by atoms with E-state index in [2.05, 4.69) is 4.74 Å². The number of hydrogen-bond acceptors (Lipinski definition) is 5. The molecule has 7 heteroatoms. The number of carbonyl (C=O) groups is 1. The highest BCUT2D eigenvalue weighted by molar-refractivity contribution is 6.31. The van der Waals surface area contributed by atoms with Crippen molar-refractivity contribution in [2.24, 2.45) is 0 Å². The topological polar surface area (TPSA) is 65.7 Å². The molecule has 0 saturated carbocycles. The lowest BCUT2D eigenvalue weighted by molar-refractivity contribution is -0.139. The summed E-state index contributed by atoms with van der Waals surface area (Å²) in [6.07, 6.45) is -0.162. The average molecular weight is 391 g/mol. The summed E-state index contributed by atoms with van der Waals surface area (Å²) in [7, 11) is 1.26. The molecule has 0 fully saturated rings. The maximum atomic E-state index is 13.8. The van der Waals surface area contributed by atoms with Crippen LogP contribution in [0.4, 0.5) is 4.39 Å². The van der Waals surface area contributed by atoms with Crippen LogP contribution in [-0.2, 0) is 22.6 Å². The standard InChI is InChI=1S/C20H16ClFO5/c1-11-13-7-6-12(26-10-15-16(21)4-3-5-17(15)22)8-18(13)27-20(24)14(11)9-19(23)25-2/h3-8H,9-10H2,1-2H3. The van der Waals surface area contributed by atoms with Gasteiger partial charge in [0.2, 0.25) is 0 Å². The minimum Gasteiger partial charge on any atom is -0.489 e. The fourth-order valence-electron chi connectivity index (χ4n) is 2.71. The van der Waals surface area contributed by atoms with Crippen LogP contribution < -0.4 is 10.4 Å². The molecule has 1 aromatic heterocycles. The third kappa shape index (κ3) is 3.95. The number of ether oxygens (including phenoxy) is 2. The van der Waals surface area contributed by atoms with Crippen LogP contribution in [0.25, 0.3) is 11.0 Å². The number of halogens is 2. The van der Waals surface area contributed by atoms with E-state index in [4.69, 9.17) is 20.8 Å². The number of fused-ring (bicyclic) bond motifs is 1. The van der Waals surface area contributed by atoms with Gasteiger partial charge in [-0.2, -0.15) is 0 Å². The highest BCUT2D eigenvalue weighted by Crippen LogP contribution is 2.26. The minimum atomic E-state index is -0.611. The lowest BCUT2D eigenvalue weighted by Crippen LogP contribution is -2.16. The molecule has 0 atom stereocenters. The van der Waals surface area contributed by atoms with Crippen molar-refractivity contribution in [2.45, 2.75) is 20.0 Å². The van der Waals surface area contributed by atoms with Gasteiger partial charge in [-0.25, -0.2) is 9.18 Å². The second-order valence-electron chi connectivity index (χ2n) is 5.89. The monoisotopic (exact) mass is 390 g/mol. The molecule has 0 bridgehead atoms. The molecule has 0 unspecified atom stereocenters. The molecule has 0 amide bonds. The highest BCUT2D eigenvalue weighted by Gasteiger charge is 2.16. The molecule has 5 nitrogen and oxygen atoms in total. The lowest BCUT2D eigenvalue weighted by atomic mass is 10.0. The van der Waals surface area contributed by atoms with Crippen LogP contribution in [-0.4, -0.2) is 13.1 Å². The first-order valence-electron chi connectivity index (χ1n) is 8.09. The molecule has 2 aromatic carbocycles. The Kier molecular flexibility index (Phi) is 5.46. The molecule has 140 valence electrons. The predicted octanol–water partition coefficient (Wildman–Crippen LogP) is 4.19. The maximum Gasteiger partial charge on any atom is 0.340 e. The van der Waals surface area contributed by atoms with E-state index in [1.165, 1.54) is 19.2 Å². The van der Waals surface area contributed by atoms with E-state index in [1.54, 1.807) is 31.2 Å². The van der Waals surface area contributed by atoms with Crippen molar-refractivity contribution in [1.29, 1.82) is 0 Å². The number of carbonyl (C=O) groups excluding carboxylic acids is 1. The second kappa shape index (κ2) is 7.80. The van der Waals surface area contributed by atoms with Gasteiger partial charge < -0.3 is 13.9 Å². The van der Waals surface area contributed by atoms with Gasteiger partial charge in [0, 0.05) is 17.0 Å². The Morgan fingerprint density at radius 1 is 1.22 bits per heavy atom. The molecule has 3 aromatic rings. The Balaban J connectivity index is 1.91. The third-order valence-electron chi connectivity index (χ3n) is 4.25. The van der Waals surface area contributed by atoms with Crippen LogP contribution in [0.1, 0.15) is 16.7 Å². The summed E-state index contributed by atoms with van der Waals surface area (Å²) in [5.74, 6) is -0.588. The van der Waals surface area contributed by atoms with Gasteiger partial charge in [-0.3, -0.25) is 4.79 Å². The van der Waals surface area contributed by atoms with Crippen LogP contribution in [0.2, 0.25) is 5.02 Å². The van der Waals surface area contributed by atoms with Crippen molar-refractivity contribution in [1.82, 2.24) is 0 Å². The maximum absolute atomic E-state index is 13.8. The molecule has 0 aliphatic carbocycles. The van der Waals surface area contributed by atoms with Crippen molar-refractivity contribution >= 4 is 28.5 Å². The van der Waals surface area contributed by atoms with E-state index in [-0.39, 0.29) is 29.2 Å². The smallest absolute Gasteiger partial charge is 0.340 e. The molecular formula is C20H16ClFO5. The van der Waals surface area contributed by atoms with E-state index in [0.717, 1.165) is 0 Å².